The molecule has 2 aromatic carbocycles. The molecule has 3 aromatic rings. The molecule has 1 saturated heterocycles. The van der Waals surface area contributed by atoms with E-state index in [1.807, 2.05) is 12.3 Å². The summed E-state index contributed by atoms with van der Waals surface area (Å²) < 4.78 is 7.25. The van der Waals surface area contributed by atoms with Gasteiger partial charge in [0, 0.05) is 34.3 Å². The Morgan fingerprint density at radius 3 is 2.75 bits per heavy atom. The van der Waals surface area contributed by atoms with Crippen molar-refractivity contribution >= 4 is 34.4 Å². The topological polar surface area (TPSA) is 25.4 Å². The molecule has 0 N–H and O–H groups in total. The Hall–Kier alpha value is -1.41. The van der Waals surface area contributed by atoms with Crippen LogP contribution in [-0.2, 0) is 17.7 Å². The van der Waals surface area contributed by atoms with Crippen LogP contribution in [0.25, 0.3) is 0 Å². The van der Waals surface area contributed by atoms with Gasteiger partial charge in [-0.25, -0.2) is 4.98 Å². The molecule has 0 saturated carbocycles. The Kier molecular flexibility index (Phi) is 7.01. The first kappa shape index (κ1) is 19.9. The molecule has 1 fully saturated rings. The van der Waals surface area contributed by atoms with E-state index < -0.39 is 0 Å². The fourth-order valence-corrected chi connectivity index (χ4v) is 4.98. The molecule has 3 nitrogen and oxygen atoms in total. The third-order valence-corrected chi connectivity index (χ3v) is 7.02. The summed E-state index contributed by atoms with van der Waals surface area (Å²) in [5, 5.41) is 1.06. The monoisotopic (exact) mass is 502 g/mol. The average molecular weight is 502 g/mol. The largest absolute Gasteiger partial charge is 0.375 e. The van der Waals surface area contributed by atoms with Gasteiger partial charge >= 0.3 is 0 Å². The van der Waals surface area contributed by atoms with Crippen LogP contribution in [0.2, 0.25) is 0 Å². The first-order valence-electron chi connectivity index (χ1n) is 9.51. The van der Waals surface area contributed by atoms with Gasteiger partial charge in [-0.05, 0) is 64.4 Å². The summed E-state index contributed by atoms with van der Waals surface area (Å²) in [6.07, 6.45) is 3.04. The number of ether oxygens (including phenoxy) is 1. The Balaban J connectivity index is 1.38. The minimum Gasteiger partial charge on any atom is -0.375 e. The van der Waals surface area contributed by atoms with Crippen molar-refractivity contribution in [2.45, 2.75) is 29.0 Å². The van der Waals surface area contributed by atoms with Crippen molar-refractivity contribution in [1.82, 2.24) is 9.88 Å². The highest BCUT2D eigenvalue weighted by Gasteiger charge is 2.21. The molecule has 0 unspecified atom stereocenters. The third kappa shape index (κ3) is 5.56. The number of hydrogen-bond donors (Lipinski definition) is 0. The van der Waals surface area contributed by atoms with Crippen LogP contribution in [0.4, 0.5) is 0 Å². The number of aromatic nitrogens is 1. The minimum atomic E-state index is 0.243. The molecule has 144 valence electrons. The number of rotatable bonds is 6. The van der Waals surface area contributed by atoms with E-state index >= 15 is 0 Å². The Bertz CT molecular complexity index is 906. The molecular formula is C23H23IN2OS. The molecule has 0 bridgehead atoms. The molecule has 5 heteroatoms. The van der Waals surface area contributed by atoms with Crippen molar-refractivity contribution in [1.29, 1.82) is 0 Å². The van der Waals surface area contributed by atoms with Gasteiger partial charge in [0.15, 0.2) is 0 Å². The van der Waals surface area contributed by atoms with E-state index in [9.17, 15) is 0 Å². The predicted octanol–water partition coefficient (Wildman–Crippen LogP) is 5.28. The van der Waals surface area contributed by atoms with Gasteiger partial charge < -0.3 is 4.74 Å². The highest BCUT2D eigenvalue weighted by Crippen LogP contribution is 2.30. The van der Waals surface area contributed by atoms with Crippen molar-refractivity contribution in [3.05, 3.63) is 87.6 Å². The van der Waals surface area contributed by atoms with Crippen molar-refractivity contribution < 1.29 is 4.74 Å². The lowest BCUT2D eigenvalue weighted by molar-refractivity contribution is -0.0305. The first-order chi connectivity index (χ1) is 13.8. The summed E-state index contributed by atoms with van der Waals surface area (Å²) in [6.45, 7) is 3.77. The highest BCUT2D eigenvalue weighted by atomic mass is 127. The zero-order valence-electron chi connectivity index (χ0n) is 15.6. The molecule has 0 radical (unpaired) electrons. The molecule has 28 heavy (non-hydrogen) atoms. The quantitative estimate of drug-likeness (QED) is 0.429. The minimum absolute atomic E-state index is 0.243. The van der Waals surface area contributed by atoms with Crippen LogP contribution >= 0.6 is 34.4 Å². The van der Waals surface area contributed by atoms with Crippen LogP contribution in [0, 0.1) is 3.57 Å². The van der Waals surface area contributed by atoms with Crippen molar-refractivity contribution in [2.75, 3.05) is 19.7 Å². The van der Waals surface area contributed by atoms with E-state index in [0.717, 1.165) is 37.7 Å². The zero-order valence-corrected chi connectivity index (χ0v) is 18.6. The third-order valence-electron chi connectivity index (χ3n) is 4.77. The molecule has 0 spiro atoms. The number of nitrogens with zero attached hydrogens (tertiary/aromatic N) is 2. The standard InChI is InChI=1S/C23H23IN2OS/c24-22-10-5-11-25-23(22)28-21-9-4-8-19(15-21)14-20-17-26(12-13-27-20)16-18-6-2-1-3-7-18/h1-11,15,20H,12-14,16-17H2/t20-/m0/s1. The number of pyridine rings is 1. The van der Waals surface area contributed by atoms with Crippen LogP contribution in [0.5, 0.6) is 0 Å². The van der Waals surface area contributed by atoms with Crippen LogP contribution < -0.4 is 0 Å². The SMILES string of the molecule is Ic1cccnc1Sc1cccc(C[C@H]2CN(Cc3ccccc3)CCO2)c1. The number of benzene rings is 2. The van der Waals surface area contributed by atoms with Gasteiger partial charge in [0.2, 0.25) is 0 Å². The molecule has 1 aliphatic rings. The summed E-state index contributed by atoms with van der Waals surface area (Å²) in [5.41, 5.74) is 2.69. The van der Waals surface area contributed by atoms with Crippen LogP contribution in [0.1, 0.15) is 11.1 Å². The van der Waals surface area contributed by atoms with Crippen molar-refractivity contribution in [3.63, 3.8) is 0 Å². The van der Waals surface area contributed by atoms with E-state index in [4.69, 9.17) is 4.74 Å². The molecular weight excluding hydrogens is 479 g/mol. The fourth-order valence-electron chi connectivity index (χ4n) is 3.45. The molecule has 1 atom stereocenters. The number of halogens is 1. The fraction of sp³-hybridized carbons (Fsp3) is 0.261. The Morgan fingerprint density at radius 2 is 1.89 bits per heavy atom. The van der Waals surface area contributed by atoms with Crippen LogP contribution in [0.3, 0.4) is 0 Å². The summed E-state index contributed by atoms with van der Waals surface area (Å²) in [7, 11) is 0. The number of hydrogen-bond acceptors (Lipinski definition) is 4. The second-order valence-corrected chi connectivity index (χ2v) is 9.18. The first-order valence-corrected chi connectivity index (χ1v) is 11.4. The maximum atomic E-state index is 6.07. The van der Waals surface area contributed by atoms with E-state index in [-0.39, 0.29) is 6.10 Å². The molecule has 2 heterocycles. The van der Waals surface area contributed by atoms with Crippen molar-refractivity contribution in [2.24, 2.45) is 0 Å². The van der Waals surface area contributed by atoms with Gasteiger partial charge in [0.25, 0.3) is 0 Å². The van der Waals surface area contributed by atoms with Crippen molar-refractivity contribution in [3.8, 4) is 0 Å². The average Bonchev–Trinajstić information content (AvgIpc) is 2.71. The Labute approximate surface area is 184 Å². The highest BCUT2D eigenvalue weighted by molar-refractivity contribution is 14.1. The van der Waals surface area contributed by atoms with E-state index in [0.29, 0.717) is 0 Å². The summed E-state index contributed by atoms with van der Waals surface area (Å²) in [6, 6.07) is 23.5. The Morgan fingerprint density at radius 1 is 1.04 bits per heavy atom. The number of morpholine rings is 1. The smallest absolute Gasteiger partial charge is 0.114 e. The van der Waals surface area contributed by atoms with E-state index in [1.54, 1.807) is 11.8 Å². The van der Waals surface area contributed by atoms with Gasteiger partial charge in [0.05, 0.1) is 12.7 Å². The molecule has 0 amide bonds. The second kappa shape index (κ2) is 9.87. The summed E-state index contributed by atoms with van der Waals surface area (Å²) >= 11 is 4.07. The van der Waals surface area contributed by atoms with E-state index in [2.05, 4.69) is 93.1 Å². The van der Waals surface area contributed by atoms with Gasteiger partial charge in [-0.2, -0.15) is 0 Å². The lowest BCUT2D eigenvalue weighted by atomic mass is 10.1. The lowest BCUT2D eigenvalue weighted by Crippen LogP contribution is -2.42. The maximum Gasteiger partial charge on any atom is 0.114 e. The summed E-state index contributed by atoms with van der Waals surface area (Å²) in [5.74, 6) is 0. The molecule has 4 rings (SSSR count). The van der Waals surface area contributed by atoms with Gasteiger partial charge in [-0.3, -0.25) is 4.90 Å². The van der Waals surface area contributed by atoms with Gasteiger partial charge in [-0.1, -0.05) is 54.2 Å². The molecule has 1 aromatic heterocycles. The summed E-state index contributed by atoms with van der Waals surface area (Å²) in [4.78, 5) is 8.22. The zero-order chi connectivity index (χ0) is 19.2. The molecule has 0 aliphatic carbocycles. The van der Waals surface area contributed by atoms with Crippen LogP contribution in [-0.4, -0.2) is 35.7 Å². The van der Waals surface area contributed by atoms with E-state index in [1.165, 1.54) is 19.6 Å². The second-order valence-electron chi connectivity index (χ2n) is 6.96. The van der Waals surface area contributed by atoms with Gasteiger partial charge in [-0.15, -0.1) is 0 Å². The van der Waals surface area contributed by atoms with Crippen LogP contribution in [0.15, 0.2) is 82.8 Å². The maximum absolute atomic E-state index is 6.07. The van der Waals surface area contributed by atoms with Gasteiger partial charge in [0.1, 0.15) is 5.03 Å². The predicted molar refractivity (Wildman–Crippen MR) is 123 cm³/mol. The molecule has 1 aliphatic heterocycles. The lowest BCUT2D eigenvalue weighted by Gasteiger charge is -2.33. The normalized spacial score (nSPS) is 17.5.